The van der Waals surface area contributed by atoms with Crippen molar-refractivity contribution in [3.05, 3.63) is 58.7 Å². The molecule has 0 aliphatic rings. The maximum atomic E-state index is 12.2. The molecule has 0 unspecified atom stereocenters. The van der Waals surface area contributed by atoms with Crippen LogP contribution < -0.4 is 5.32 Å². The van der Waals surface area contributed by atoms with Crippen molar-refractivity contribution in [2.45, 2.75) is 19.0 Å². The maximum absolute atomic E-state index is 12.2. The van der Waals surface area contributed by atoms with Crippen LogP contribution in [0.3, 0.4) is 0 Å². The Balaban J connectivity index is 1.69. The molecule has 0 fully saturated rings. The van der Waals surface area contributed by atoms with Crippen LogP contribution in [0.5, 0.6) is 0 Å². The molecule has 1 N–H and O–H groups in total. The van der Waals surface area contributed by atoms with Crippen molar-refractivity contribution in [2.24, 2.45) is 0 Å². The highest BCUT2D eigenvalue weighted by molar-refractivity contribution is 7.99. The first kappa shape index (κ1) is 17.3. The number of hydrogen-bond acceptors (Lipinski definition) is 5. The van der Waals surface area contributed by atoms with Crippen LogP contribution in [0.1, 0.15) is 16.7 Å². The van der Waals surface area contributed by atoms with Gasteiger partial charge in [-0.15, -0.1) is 11.3 Å². The smallest absolute Gasteiger partial charge is 0.235 e. The number of hydrogen-bond donors (Lipinski definition) is 1. The van der Waals surface area contributed by atoms with Crippen LogP contribution in [-0.4, -0.2) is 21.2 Å². The summed E-state index contributed by atoms with van der Waals surface area (Å²) >= 11 is 2.71. The zero-order valence-electron chi connectivity index (χ0n) is 13.8. The monoisotopic (exact) mass is 368 g/mol. The average Bonchev–Trinajstić information content (AvgIpc) is 3.20. The van der Waals surface area contributed by atoms with Crippen molar-refractivity contribution in [1.82, 2.24) is 9.55 Å². The number of imidazole rings is 1. The van der Waals surface area contributed by atoms with E-state index in [0.717, 1.165) is 10.8 Å². The number of rotatable bonds is 5. The van der Waals surface area contributed by atoms with Crippen molar-refractivity contribution < 1.29 is 4.79 Å². The fraction of sp³-hybridized carbons (Fsp3) is 0.167. The fourth-order valence-electron chi connectivity index (χ4n) is 2.47. The van der Waals surface area contributed by atoms with Crippen molar-refractivity contribution in [2.75, 3.05) is 11.1 Å². The number of thioether (sulfide) groups is 1. The highest BCUT2D eigenvalue weighted by atomic mass is 32.2. The molecule has 25 heavy (non-hydrogen) atoms. The first-order chi connectivity index (χ1) is 12.1. The SMILES string of the molecule is Cc1cc(C)cc(-n2ccnc2SCC(=O)Nc2sccc2C#N)c1. The minimum atomic E-state index is -0.154. The first-order valence-corrected chi connectivity index (χ1v) is 9.45. The summed E-state index contributed by atoms with van der Waals surface area (Å²) in [7, 11) is 0. The van der Waals surface area contributed by atoms with Gasteiger partial charge in [0.2, 0.25) is 5.91 Å². The normalized spacial score (nSPS) is 10.4. The van der Waals surface area contributed by atoms with Crippen molar-refractivity contribution >= 4 is 34.0 Å². The Kier molecular flexibility index (Phi) is 5.22. The molecule has 0 aliphatic carbocycles. The maximum Gasteiger partial charge on any atom is 0.235 e. The Bertz CT molecular complexity index is 932. The number of anilines is 1. The van der Waals surface area contributed by atoms with E-state index in [1.54, 1.807) is 17.6 Å². The van der Waals surface area contributed by atoms with E-state index in [2.05, 4.69) is 48.4 Å². The van der Waals surface area contributed by atoms with E-state index in [1.807, 2.05) is 10.8 Å². The zero-order valence-corrected chi connectivity index (χ0v) is 15.4. The van der Waals surface area contributed by atoms with E-state index < -0.39 is 0 Å². The Morgan fingerprint density at radius 3 is 2.84 bits per heavy atom. The molecule has 1 amide bonds. The van der Waals surface area contributed by atoms with Crippen LogP contribution in [0, 0.1) is 25.2 Å². The second-order valence-corrected chi connectivity index (χ2v) is 7.40. The average molecular weight is 368 g/mol. The van der Waals surface area contributed by atoms with Gasteiger partial charge in [0.15, 0.2) is 5.16 Å². The number of nitriles is 1. The topological polar surface area (TPSA) is 70.7 Å². The van der Waals surface area contributed by atoms with E-state index >= 15 is 0 Å². The predicted molar refractivity (Wildman–Crippen MR) is 101 cm³/mol. The number of nitrogens with one attached hydrogen (secondary N) is 1. The molecule has 0 aliphatic heterocycles. The Morgan fingerprint density at radius 2 is 2.12 bits per heavy atom. The molecule has 3 aromatic rings. The summed E-state index contributed by atoms with van der Waals surface area (Å²) in [6.45, 7) is 4.11. The summed E-state index contributed by atoms with van der Waals surface area (Å²) in [6.07, 6.45) is 3.62. The molecule has 3 rings (SSSR count). The number of benzene rings is 1. The van der Waals surface area contributed by atoms with Gasteiger partial charge in [-0.25, -0.2) is 4.98 Å². The molecular formula is C18H16N4OS2. The number of aryl methyl sites for hydroxylation is 2. The molecule has 7 heteroatoms. The molecule has 2 heterocycles. The van der Waals surface area contributed by atoms with E-state index in [-0.39, 0.29) is 11.7 Å². The molecule has 2 aromatic heterocycles. The number of carbonyl (C=O) groups is 1. The third-order valence-corrected chi connectivity index (χ3v) is 5.26. The lowest BCUT2D eigenvalue weighted by Gasteiger charge is -2.09. The number of carbonyl (C=O) groups excluding carboxylic acids is 1. The van der Waals surface area contributed by atoms with E-state index in [1.165, 1.54) is 34.2 Å². The number of amides is 1. The molecule has 1 aromatic carbocycles. The van der Waals surface area contributed by atoms with E-state index in [4.69, 9.17) is 5.26 Å². The molecule has 126 valence electrons. The molecule has 0 radical (unpaired) electrons. The third-order valence-electron chi connectivity index (χ3n) is 3.46. The minimum Gasteiger partial charge on any atom is -0.316 e. The van der Waals surface area contributed by atoms with Crippen LogP contribution in [0.15, 0.2) is 47.2 Å². The van der Waals surface area contributed by atoms with Crippen molar-refractivity contribution in [3.63, 3.8) is 0 Å². The minimum absolute atomic E-state index is 0.154. The number of thiophene rings is 1. The Labute approximate surface area is 154 Å². The summed E-state index contributed by atoms with van der Waals surface area (Å²) in [5.41, 5.74) is 3.88. The van der Waals surface area contributed by atoms with Gasteiger partial charge in [-0.05, 0) is 48.6 Å². The van der Waals surface area contributed by atoms with Gasteiger partial charge < -0.3 is 5.32 Å². The predicted octanol–water partition coefficient (Wildman–Crippen LogP) is 4.15. The quantitative estimate of drug-likeness (QED) is 0.687. The molecule has 0 saturated heterocycles. The molecule has 5 nitrogen and oxygen atoms in total. The lowest BCUT2D eigenvalue weighted by atomic mass is 10.1. The number of aromatic nitrogens is 2. The van der Waals surface area contributed by atoms with Gasteiger partial charge in [0.1, 0.15) is 11.1 Å². The third kappa shape index (κ3) is 4.10. The summed E-state index contributed by atoms with van der Waals surface area (Å²) in [5, 5.41) is 14.9. The summed E-state index contributed by atoms with van der Waals surface area (Å²) in [6, 6.07) is 10.1. The molecule has 0 spiro atoms. The highest BCUT2D eigenvalue weighted by Crippen LogP contribution is 2.24. The Hall–Kier alpha value is -2.56. The number of nitrogens with zero attached hydrogens (tertiary/aromatic N) is 3. The molecule has 0 atom stereocenters. The van der Waals surface area contributed by atoms with Gasteiger partial charge in [-0.3, -0.25) is 9.36 Å². The summed E-state index contributed by atoms with van der Waals surface area (Å²) in [5.74, 6) is 0.0730. The molecule has 0 saturated carbocycles. The Morgan fingerprint density at radius 1 is 1.36 bits per heavy atom. The van der Waals surface area contributed by atoms with Gasteiger partial charge >= 0.3 is 0 Å². The zero-order chi connectivity index (χ0) is 17.8. The lowest BCUT2D eigenvalue weighted by molar-refractivity contribution is -0.113. The fourth-order valence-corrected chi connectivity index (χ4v) is 4.00. The second kappa shape index (κ2) is 7.55. The molecular weight excluding hydrogens is 352 g/mol. The van der Waals surface area contributed by atoms with Gasteiger partial charge in [-0.1, -0.05) is 17.8 Å². The summed E-state index contributed by atoms with van der Waals surface area (Å²) < 4.78 is 1.98. The van der Waals surface area contributed by atoms with Crippen molar-refractivity contribution in [1.29, 1.82) is 5.26 Å². The van der Waals surface area contributed by atoms with Crippen LogP contribution >= 0.6 is 23.1 Å². The van der Waals surface area contributed by atoms with Gasteiger partial charge in [-0.2, -0.15) is 5.26 Å². The standard InChI is InChI=1S/C18H16N4OS2/c1-12-7-13(2)9-15(8-12)22-5-4-20-18(22)25-11-16(23)21-17-14(10-19)3-6-24-17/h3-9H,11H2,1-2H3,(H,21,23). The largest absolute Gasteiger partial charge is 0.316 e. The van der Waals surface area contributed by atoms with Crippen LogP contribution in [0.2, 0.25) is 0 Å². The van der Waals surface area contributed by atoms with E-state index in [9.17, 15) is 4.79 Å². The van der Waals surface area contributed by atoms with Gasteiger partial charge in [0, 0.05) is 18.1 Å². The summed E-state index contributed by atoms with van der Waals surface area (Å²) in [4.78, 5) is 16.5. The van der Waals surface area contributed by atoms with E-state index in [0.29, 0.717) is 10.6 Å². The van der Waals surface area contributed by atoms with Crippen molar-refractivity contribution in [3.8, 4) is 11.8 Å². The highest BCUT2D eigenvalue weighted by Gasteiger charge is 2.12. The van der Waals surface area contributed by atoms with Crippen LogP contribution in [-0.2, 0) is 4.79 Å². The molecule has 0 bridgehead atoms. The second-order valence-electron chi connectivity index (χ2n) is 5.54. The lowest BCUT2D eigenvalue weighted by Crippen LogP contribution is -2.14. The first-order valence-electron chi connectivity index (χ1n) is 7.59. The van der Waals surface area contributed by atoms with Crippen LogP contribution in [0.25, 0.3) is 5.69 Å². The van der Waals surface area contributed by atoms with Gasteiger partial charge in [0.25, 0.3) is 0 Å². The van der Waals surface area contributed by atoms with Gasteiger partial charge in [0.05, 0.1) is 11.3 Å². The van der Waals surface area contributed by atoms with Crippen LogP contribution in [0.4, 0.5) is 5.00 Å².